The van der Waals surface area contributed by atoms with Crippen LogP contribution in [-0.4, -0.2) is 36.7 Å². The summed E-state index contributed by atoms with van der Waals surface area (Å²) in [5.41, 5.74) is 4.26. The normalized spacial score (nSPS) is 15.2. The van der Waals surface area contributed by atoms with Crippen molar-refractivity contribution < 1.29 is 13.3 Å². The van der Waals surface area contributed by atoms with E-state index in [0.29, 0.717) is 25.9 Å². The van der Waals surface area contributed by atoms with E-state index in [1.54, 1.807) is 11.3 Å². The number of piperidine rings is 1. The molecule has 1 aliphatic rings. The summed E-state index contributed by atoms with van der Waals surface area (Å²) in [6, 6.07) is 11.6. The summed E-state index contributed by atoms with van der Waals surface area (Å²) in [6.45, 7) is 5.33. The molecule has 1 aliphatic heterocycles. The second-order valence-electron chi connectivity index (χ2n) is 7.80. The smallest absolute Gasteiger partial charge is 0.270 e. The van der Waals surface area contributed by atoms with Gasteiger partial charge in [0, 0.05) is 36.2 Å². The third kappa shape index (κ3) is 4.33. The van der Waals surface area contributed by atoms with Crippen LogP contribution in [0.4, 0.5) is 10.8 Å². The van der Waals surface area contributed by atoms with E-state index in [1.165, 1.54) is 29.3 Å². The zero-order valence-corrected chi connectivity index (χ0v) is 18.9. The summed E-state index contributed by atoms with van der Waals surface area (Å²) in [4.78, 5) is 17.3. The maximum atomic E-state index is 13.0. The first-order chi connectivity index (χ1) is 14.8. The minimum absolute atomic E-state index is 0.0198. The molecule has 31 heavy (non-hydrogen) atoms. The molecule has 0 amide bonds. The van der Waals surface area contributed by atoms with Crippen molar-refractivity contribution in [2.75, 3.05) is 18.0 Å². The Balaban J connectivity index is 1.46. The van der Waals surface area contributed by atoms with Crippen molar-refractivity contribution in [3.8, 4) is 11.3 Å². The van der Waals surface area contributed by atoms with Gasteiger partial charge in [0.2, 0.25) is 0 Å². The van der Waals surface area contributed by atoms with Gasteiger partial charge in [-0.15, -0.1) is 11.3 Å². The van der Waals surface area contributed by atoms with Crippen molar-refractivity contribution in [2.24, 2.45) is 0 Å². The first-order valence-corrected chi connectivity index (χ1v) is 12.4. The summed E-state index contributed by atoms with van der Waals surface area (Å²) in [5, 5.41) is 13.4. The SMILES string of the molecule is Cc1ccc(-c2csc(N3CCC(S(=O)(=O)c4cccc([N+](=O)[O-])c4)CC3)n2)cc1C. The molecule has 162 valence electrons. The molecule has 7 nitrogen and oxygen atoms in total. The quantitative estimate of drug-likeness (QED) is 0.404. The van der Waals surface area contributed by atoms with Crippen molar-refractivity contribution >= 4 is 32.0 Å². The van der Waals surface area contributed by atoms with Crippen LogP contribution in [-0.2, 0) is 9.84 Å². The number of nitro groups is 1. The minimum atomic E-state index is -3.62. The highest BCUT2D eigenvalue weighted by molar-refractivity contribution is 7.92. The monoisotopic (exact) mass is 457 g/mol. The highest BCUT2D eigenvalue weighted by atomic mass is 32.2. The van der Waals surface area contributed by atoms with Gasteiger partial charge in [0.25, 0.3) is 5.69 Å². The number of rotatable bonds is 5. The molecule has 0 unspecified atom stereocenters. The molecule has 0 radical (unpaired) electrons. The van der Waals surface area contributed by atoms with Gasteiger partial charge in [-0.1, -0.05) is 18.2 Å². The van der Waals surface area contributed by atoms with Crippen LogP contribution in [0.2, 0.25) is 0 Å². The van der Waals surface area contributed by atoms with Gasteiger partial charge in [-0.25, -0.2) is 13.4 Å². The lowest BCUT2D eigenvalue weighted by atomic mass is 10.1. The Bertz CT molecular complexity index is 1230. The zero-order chi connectivity index (χ0) is 22.2. The van der Waals surface area contributed by atoms with Gasteiger partial charge in [0.1, 0.15) is 0 Å². The van der Waals surface area contributed by atoms with Crippen LogP contribution in [0.1, 0.15) is 24.0 Å². The van der Waals surface area contributed by atoms with Gasteiger partial charge in [0.05, 0.1) is 20.8 Å². The number of aryl methyl sites for hydroxylation is 2. The maximum absolute atomic E-state index is 13.0. The summed E-state index contributed by atoms with van der Waals surface area (Å²) in [7, 11) is -3.62. The van der Waals surface area contributed by atoms with E-state index >= 15 is 0 Å². The van der Waals surface area contributed by atoms with Crippen molar-refractivity contribution in [2.45, 2.75) is 36.8 Å². The zero-order valence-electron chi connectivity index (χ0n) is 17.3. The molecule has 0 aliphatic carbocycles. The van der Waals surface area contributed by atoms with Gasteiger partial charge in [0.15, 0.2) is 15.0 Å². The van der Waals surface area contributed by atoms with Crippen LogP contribution in [0.5, 0.6) is 0 Å². The van der Waals surface area contributed by atoms with Gasteiger partial charge in [-0.2, -0.15) is 0 Å². The van der Waals surface area contributed by atoms with Crippen LogP contribution < -0.4 is 4.90 Å². The number of nitro benzene ring substituents is 1. The second kappa shape index (κ2) is 8.39. The Labute approximate surface area is 185 Å². The number of nitrogens with zero attached hydrogens (tertiary/aromatic N) is 3. The second-order valence-corrected chi connectivity index (χ2v) is 10.9. The van der Waals surface area contributed by atoms with Crippen molar-refractivity contribution in [1.29, 1.82) is 0 Å². The average Bonchev–Trinajstić information content (AvgIpc) is 3.26. The summed E-state index contributed by atoms with van der Waals surface area (Å²) < 4.78 is 26.0. The summed E-state index contributed by atoms with van der Waals surface area (Å²) >= 11 is 1.56. The molecule has 9 heteroatoms. The fourth-order valence-electron chi connectivity index (χ4n) is 3.77. The molecule has 0 bridgehead atoms. The number of hydrogen-bond acceptors (Lipinski definition) is 7. The number of sulfone groups is 1. The molecule has 0 spiro atoms. The predicted octanol–water partition coefficient (Wildman–Crippen LogP) is 4.78. The first kappa shape index (κ1) is 21.5. The molecular weight excluding hydrogens is 434 g/mol. The van der Waals surface area contributed by atoms with E-state index in [0.717, 1.165) is 22.5 Å². The highest BCUT2D eigenvalue weighted by Crippen LogP contribution is 2.32. The molecule has 3 aromatic rings. The molecule has 0 atom stereocenters. The molecule has 0 N–H and O–H groups in total. The lowest BCUT2D eigenvalue weighted by Gasteiger charge is -2.31. The fourth-order valence-corrected chi connectivity index (χ4v) is 6.42. The standard InChI is InChI=1S/C22H23N3O4S2/c1-15-6-7-17(12-16(15)2)21-14-30-22(23-21)24-10-8-19(9-11-24)31(28,29)20-5-3-4-18(13-20)25(26)27/h3-7,12-14,19H,8-11H2,1-2H3. The molecule has 2 aromatic carbocycles. The number of hydrogen-bond donors (Lipinski definition) is 0. The molecule has 4 rings (SSSR count). The van der Waals surface area contributed by atoms with Crippen molar-refractivity contribution in [3.63, 3.8) is 0 Å². The van der Waals surface area contributed by atoms with Crippen LogP contribution in [0.3, 0.4) is 0 Å². The van der Waals surface area contributed by atoms with Crippen molar-refractivity contribution in [3.05, 3.63) is 69.1 Å². The van der Waals surface area contributed by atoms with E-state index < -0.39 is 20.0 Å². The van der Waals surface area contributed by atoms with E-state index in [4.69, 9.17) is 4.98 Å². The van der Waals surface area contributed by atoms with E-state index in [2.05, 4.69) is 36.9 Å². The highest BCUT2D eigenvalue weighted by Gasteiger charge is 2.32. The lowest BCUT2D eigenvalue weighted by Crippen LogP contribution is -2.39. The third-order valence-corrected chi connectivity index (χ3v) is 8.96. The number of non-ortho nitro benzene ring substituents is 1. The fraction of sp³-hybridized carbons (Fsp3) is 0.318. The minimum Gasteiger partial charge on any atom is -0.348 e. The first-order valence-electron chi connectivity index (χ1n) is 10.0. The summed E-state index contributed by atoms with van der Waals surface area (Å²) in [6.07, 6.45) is 0.924. The van der Waals surface area contributed by atoms with Gasteiger partial charge in [-0.3, -0.25) is 10.1 Å². The Morgan fingerprint density at radius 3 is 2.52 bits per heavy atom. The Morgan fingerprint density at radius 1 is 1.10 bits per heavy atom. The predicted molar refractivity (Wildman–Crippen MR) is 123 cm³/mol. The largest absolute Gasteiger partial charge is 0.348 e. The average molecular weight is 458 g/mol. The number of anilines is 1. The molecule has 0 saturated carbocycles. The third-order valence-electron chi connectivity index (χ3n) is 5.80. The Hall–Kier alpha value is -2.78. The van der Waals surface area contributed by atoms with E-state index in [1.807, 2.05) is 5.38 Å². The van der Waals surface area contributed by atoms with Crippen LogP contribution in [0.15, 0.2) is 52.7 Å². The van der Waals surface area contributed by atoms with E-state index in [-0.39, 0.29) is 10.6 Å². The molecule has 1 aromatic heterocycles. The number of thiazole rings is 1. The molecule has 1 saturated heterocycles. The molecule has 2 heterocycles. The van der Waals surface area contributed by atoms with E-state index in [9.17, 15) is 18.5 Å². The molecular formula is C22H23N3O4S2. The molecule has 1 fully saturated rings. The lowest BCUT2D eigenvalue weighted by molar-refractivity contribution is -0.385. The van der Waals surface area contributed by atoms with Gasteiger partial charge < -0.3 is 4.90 Å². The van der Waals surface area contributed by atoms with Gasteiger partial charge >= 0.3 is 0 Å². The Kier molecular flexibility index (Phi) is 5.81. The maximum Gasteiger partial charge on any atom is 0.270 e. The van der Waals surface area contributed by atoms with Crippen LogP contribution in [0, 0.1) is 24.0 Å². The van der Waals surface area contributed by atoms with Crippen LogP contribution in [0.25, 0.3) is 11.3 Å². The number of benzene rings is 2. The van der Waals surface area contributed by atoms with Gasteiger partial charge in [-0.05, 0) is 49.9 Å². The van der Waals surface area contributed by atoms with Crippen molar-refractivity contribution in [1.82, 2.24) is 4.98 Å². The van der Waals surface area contributed by atoms with Crippen LogP contribution >= 0.6 is 11.3 Å². The topological polar surface area (TPSA) is 93.4 Å². The number of aromatic nitrogens is 1. The summed E-state index contributed by atoms with van der Waals surface area (Å²) in [5.74, 6) is 0. The Morgan fingerprint density at radius 2 is 1.84 bits per heavy atom.